The number of hydrogen-bond donors (Lipinski definition) is 3. The minimum Gasteiger partial charge on any atom is -0.353 e. The lowest BCUT2D eigenvalue weighted by Gasteiger charge is -2.14. The summed E-state index contributed by atoms with van der Waals surface area (Å²) in [5, 5.41) is 13.6. The molecule has 31 heavy (non-hydrogen) atoms. The van der Waals surface area contributed by atoms with Crippen molar-refractivity contribution in [3.8, 4) is 21.8 Å². The van der Waals surface area contributed by atoms with Crippen LogP contribution in [0.1, 0.15) is 13.3 Å². The third-order valence-corrected chi connectivity index (χ3v) is 6.59. The summed E-state index contributed by atoms with van der Waals surface area (Å²) in [6, 6.07) is 11.5. The average molecular weight is 431 g/mol. The lowest BCUT2D eigenvalue weighted by molar-refractivity contribution is 0.657. The molecule has 0 unspecified atom stereocenters. The van der Waals surface area contributed by atoms with E-state index in [1.54, 1.807) is 0 Å². The van der Waals surface area contributed by atoms with Crippen molar-refractivity contribution >= 4 is 34.9 Å². The Morgan fingerprint density at radius 3 is 2.90 bits per heavy atom. The summed E-state index contributed by atoms with van der Waals surface area (Å²) in [4.78, 5) is 4.40. The third kappa shape index (κ3) is 3.69. The largest absolute Gasteiger partial charge is 0.353 e. The molecule has 0 bridgehead atoms. The van der Waals surface area contributed by atoms with E-state index in [0.717, 1.165) is 74.1 Å². The monoisotopic (exact) mass is 430 g/mol. The Kier molecular flexibility index (Phi) is 5.18. The summed E-state index contributed by atoms with van der Waals surface area (Å²) < 4.78 is 13.6. The second kappa shape index (κ2) is 8.13. The Balaban J connectivity index is 1.64. The molecule has 156 valence electrons. The molecule has 4 aromatic rings. The maximum atomic E-state index is 13.6. The molecule has 3 aromatic heterocycles. The molecule has 0 aliphatic carbocycles. The molecular formula is C25H23FN4S. The number of nitrogens with zero attached hydrogens (tertiary/aromatic N) is 1. The van der Waals surface area contributed by atoms with E-state index in [2.05, 4.69) is 58.3 Å². The van der Waals surface area contributed by atoms with Crippen LogP contribution in [0.15, 0.2) is 59.7 Å². The molecule has 0 radical (unpaired) electrons. The molecule has 5 rings (SSSR count). The standard InChI is InChI=1S/C25H23FN4S/c1-3-16(17-9-11-27-12-10-17)13-19-15(2)29-30-25(19)22-14-20-18(5-4-6-21(20)28-22)23-7-8-24(26)31-23/h3-9,13-14,27-29H,2,10-12H2,1H3/b16-3+,19-13+. The Morgan fingerprint density at radius 1 is 1.26 bits per heavy atom. The molecule has 3 N–H and O–H groups in total. The zero-order valence-corrected chi connectivity index (χ0v) is 18.1. The molecule has 0 saturated heterocycles. The summed E-state index contributed by atoms with van der Waals surface area (Å²) in [5.41, 5.74) is 6.28. The summed E-state index contributed by atoms with van der Waals surface area (Å²) >= 11 is 1.16. The van der Waals surface area contributed by atoms with Gasteiger partial charge in [0.05, 0.1) is 11.0 Å². The van der Waals surface area contributed by atoms with Gasteiger partial charge in [0.15, 0.2) is 5.13 Å². The van der Waals surface area contributed by atoms with E-state index in [-0.39, 0.29) is 5.13 Å². The lowest BCUT2D eigenvalue weighted by atomic mass is 9.98. The highest BCUT2D eigenvalue weighted by Crippen LogP contribution is 2.34. The number of nitrogens with one attached hydrogen (secondary N) is 3. The number of thiophene rings is 1. The Hall–Kier alpha value is -3.22. The molecule has 0 spiro atoms. The normalized spacial score (nSPS) is 15.6. The minimum atomic E-state index is -0.181. The number of allylic oxidation sites excluding steroid dienone is 2. The van der Waals surface area contributed by atoms with Gasteiger partial charge in [0, 0.05) is 33.1 Å². The highest BCUT2D eigenvalue weighted by molar-refractivity contribution is 7.14. The summed E-state index contributed by atoms with van der Waals surface area (Å²) in [6.07, 6.45) is 7.55. The Morgan fingerprint density at radius 2 is 2.16 bits per heavy atom. The van der Waals surface area contributed by atoms with Gasteiger partial charge in [0.25, 0.3) is 0 Å². The van der Waals surface area contributed by atoms with E-state index in [1.807, 2.05) is 24.3 Å². The number of hydrogen-bond acceptors (Lipinski definition) is 3. The second-order valence-electron chi connectivity index (χ2n) is 7.59. The van der Waals surface area contributed by atoms with Gasteiger partial charge in [0.1, 0.15) is 5.69 Å². The van der Waals surface area contributed by atoms with Crippen LogP contribution in [0.3, 0.4) is 0 Å². The first kappa shape index (κ1) is 19.7. The number of halogens is 1. The van der Waals surface area contributed by atoms with Crippen LogP contribution < -0.4 is 15.9 Å². The number of aromatic amines is 2. The predicted octanol–water partition coefficient (Wildman–Crippen LogP) is 4.48. The fraction of sp³-hybridized carbons (Fsp3) is 0.160. The molecule has 0 atom stereocenters. The van der Waals surface area contributed by atoms with Crippen molar-refractivity contribution in [2.24, 2.45) is 0 Å². The highest BCUT2D eigenvalue weighted by Gasteiger charge is 2.14. The average Bonchev–Trinajstić information content (AvgIpc) is 3.50. The van der Waals surface area contributed by atoms with Crippen molar-refractivity contribution in [2.75, 3.05) is 13.1 Å². The quantitative estimate of drug-likeness (QED) is 0.447. The first-order chi connectivity index (χ1) is 15.1. The van der Waals surface area contributed by atoms with Crippen molar-refractivity contribution < 1.29 is 4.39 Å². The van der Waals surface area contributed by atoms with Crippen LogP contribution in [-0.4, -0.2) is 28.3 Å². The van der Waals surface area contributed by atoms with Gasteiger partial charge in [-0.15, -0.1) is 11.3 Å². The van der Waals surface area contributed by atoms with E-state index in [4.69, 9.17) is 0 Å². The molecule has 0 amide bonds. The van der Waals surface area contributed by atoms with Crippen LogP contribution in [0, 0.1) is 5.13 Å². The van der Waals surface area contributed by atoms with Gasteiger partial charge < -0.3 is 10.3 Å². The van der Waals surface area contributed by atoms with Gasteiger partial charge in [-0.1, -0.05) is 30.9 Å². The van der Waals surface area contributed by atoms with Gasteiger partial charge in [0.2, 0.25) is 0 Å². The molecular weight excluding hydrogens is 407 g/mol. The molecule has 4 nitrogen and oxygen atoms in total. The zero-order chi connectivity index (χ0) is 21.4. The van der Waals surface area contributed by atoms with E-state index >= 15 is 0 Å². The van der Waals surface area contributed by atoms with Crippen molar-refractivity contribution in [3.05, 3.63) is 75.4 Å². The summed E-state index contributed by atoms with van der Waals surface area (Å²) in [7, 11) is 0. The maximum Gasteiger partial charge on any atom is 0.176 e. The molecule has 0 fully saturated rings. The first-order valence-corrected chi connectivity index (χ1v) is 11.1. The van der Waals surface area contributed by atoms with Crippen LogP contribution >= 0.6 is 11.3 Å². The molecule has 1 aliphatic rings. The van der Waals surface area contributed by atoms with Gasteiger partial charge in [-0.2, -0.15) is 9.49 Å². The van der Waals surface area contributed by atoms with E-state index in [1.165, 1.54) is 17.2 Å². The minimum absolute atomic E-state index is 0.181. The number of fused-ring (bicyclic) bond motifs is 1. The number of benzene rings is 1. The Bertz CT molecular complexity index is 1430. The second-order valence-corrected chi connectivity index (χ2v) is 8.62. The molecule has 1 aromatic carbocycles. The van der Waals surface area contributed by atoms with Crippen LogP contribution in [0.4, 0.5) is 4.39 Å². The number of H-pyrrole nitrogens is 2. The zero-order valence-electron chi connectivity index (χ0n) is 17.3. The molecule has 0 saturated carbocycles. The van der Waals surface area contributed by atoms with Crippen molar-refractivity contribution in [3.63, 3.8) is 0 Å². The van der Waals surface area contributed by atoms with Crippen molar-refractivity contribution in [1.29, 1.82) is 0 Å². The molecule has 6 heteroatoms. The van der Waals surface area contributed by atoms with Gasteiger partial charge in [-0.25, -0.2) is 0 Å². The van der Waals surface area contributed by atoms with Crippen molar-refractivity contribution in [1.82, 2.24) is 20.5 Å². The smallest absolute Gasteiger partial charge is 0.176 e. The van der Waals surface area contributed by atoms with Gasteiger partial charge in [-0.3, -0.25) is 5.10 Å². The topological polar surface area (TPSA) is 56.5 Å². The fourth-order valence-corrected chi connectivity index (χ4v) is 4.88. The van der Waals surface area contributed by atoms with Gasteiger partial charge >= 0.3 is 0 Å². The Labute approximate surface area is 183 Å². The van der Waals surface area contributed by atoms with E-state index in [0.29, 0.717) is 0 Å². The molecule has 4 heterocycles. The van der Waals surface area contributed by atoms with Crippen LogP contribution in [0.2, 0.25) is 0 Å². The lowest BCUT2D eigenvalue weighted by Crippen LogP contribution is -2.24. The van der Waals surface area contributed by atoms with E-state index in [9.17, 15) is 4.39 Å². The van der Waals surface area contributed by atoms with Crippen molar-refractivity contribution in [2.45, 2.75) is 13.3 Å². The highest BCUT2D eigenvalue weighted by atomic mass is 32.1. The van der Waals surface area contributed by atoms with Crippen LogP contribution in [0.25, 0.3) is 45.4 Å². The van der Waals surface area contributed by atoms with E-state index < -0.39 is 0 Å². The predicted molar refractivity (Wildman–Crippen MR) is 128 cm³/mol. The first-order valence-electron chi connectivity index (χ1n) is 10.3. The van der Waals surface area contributed by atoms with Gasteiger partial charge in [-0.05, 0) is 61.4 Å². The SMILES string of the molecule is C=c1[nH]nc(-c2cc3c(-c4ccc(F)s4)cccc3[nH]2)/c1=C/C(=C\C)C1=CCNCC1. The van der Waals surface area contributed by atoms with Crippen LogP contribution in [-0.2, 0) is 0 Å². The van der Waals surface area contributed by atoms with Crippen LogP contribution in [0.5, 0.6) is 0 Å². The number of aromatic nitrogens is 3. The maximum absolute atomic E-state index is 13.6. The number of rotatable bonds is 4. The third-order valence-electron chi connectivity index (χ3n) is 5.69. The fourth-order valence-electron chi connectivity index (χ4n) is 4.11. The summed E-state index contributed by atoms with van der Waals surface area (Å²) in [5.74, 6) is 0. The summed E-state index contributed by atoms with van der Waals surface area (Å²) in [6.45, 7) is 8.10. The molecule has 1 aliphatic heterocycles.